The average Bonchev–Trinajstić information content (AvgIpc) is 2.47. The Labute approximate surface area is 139 Å². The van der Waals surface area contributed by atoms with Crippen LogP contribution in [0.4, 0.5) is 4.79 Å². The fourth-order valence-corrected chi connectivity index (χ4v) is 4.26. The number of sulfonamides is 1. The summed E-state index contributed by atoms with van der Waals surface area (Å²) in [6.45, 7) is 7.02. The number of urea groups is 1. The molecule has 2 amide bonds. The molecule has 2 fully saturated rings. The van der Waals surface area contributed by atoms with E-state index in [1.165, 1.54) is 23.4 Å². The Morgan fingerprint density at radius 2 is 1.87 bits per heavy atom. The first-order valence-corrected chi connectivity index (χ1v) is 10.4. The van der Waals surface area contributed by atoms with Crippen LogP contribution in [-0.2, 0) is 10.0 Å². The minimum Gasteiger partial charge on any atom is -0.337 e. The Hall–Kier alpha value is -0.860. The average molecular weight is 346 g/mol. The van der Waals surface area contributed by atoms with Gasteiger partial charge in [-0.05, 0) is 38.1 Å². The summed E-state index contributed by atoms with van der Waals surface area (Å²) in [6, 6.07) is -0.0872. The van der Waals surface area contributed by atoms with Gasteiger partial charge in [-0.25, -0.2) is 17.5 Å². The van der Waals surface area contributed by atoms with Gasteiger partial charge in [0.15, 0.2) is 0 Å². The van der Waals surface area contributed by atoms with Crippen LogP contribution in [0.25, 0.3) is 0 Å². The number of hydrogen-bond donors (Lipinski definition) is 2. The number of amides is 2. The van der Waals surface area contributed by atoms with E-state index in [0.717, 1.165) is 25.6 Å². The standard InChI is InChI=1S/C15H30N4O3S/c1-13-4-3-8-18(12-13)11-7-16-15(20)17-14-5-9-19(10-6-14)23(2,21)22/h13-14H,3-12H2,1-2H3,(H2,16,17,20)/t13-/m1/s1. The molecule has 7 nitrogen and oxygen atoms in total. The van der Waals surface area contributed by atoms with Crippen LogP contribution in [0.2, 0.25) is 0 Å². The van der Waals surface area contributed by atoms with E-state index in [4.69, 9.17) is 0 Å². The first-order valence-electron chi connectivity index (χ1n) is 8.56. The van der Waals surface area contributed by atoms with Crippen molar-refractivity contribution in [1.82, 2.24) is 19.8 Å². The van der Waals surface area contributed by atoms with Crippen molar-refractivity contribution in [2.45, 2.75) is 38.6 Å². The number of carbonyl (C=O) groups is 1. The molecule has 2 saturated heterocycles. The third kappa shape index (κ3) is 6.27. The molecule has 2 aliphatic rings. The van der Waals surface area contributed by atoms with Gasteiger partial charge < -0.3 is 15.5 Å². The first-order chi connectivity index (χ1) is 10.8. The molecule has 1 atom stereocenters. The van der Waals surface area contributed by atoms with Gasteiger partial charge in [0.05, 0.1) is 6.26 Å². The zero-order valence-corrected chi connectivity index (χ0v) is 15.1. The van der Waals surface area contributed by atoms with Crippen molar-refractivity contribution in [3.05, 3.63) is 0 Å². The van der Waals surface area contributed by atoms with Gasteiger partial charge in [0.1, 0.15) is 0 Å². The van der Waals surface area contributed by atoms with E-state index < -0.39 is 10.0 Å². The minimum atomic E-state index is -3.11. The zero-order chi connectivity index (χ0) is 16.9. The monoisotopic (exact) mass is 346 g/mol. The van der Waals surface area contributed by atoms with E-state index in [9.17, 15) is 13.2 Å². The topological polar surface area (TPSA) is 81.8 Å². The van der Waals surface area contributed by atoms with Crippen molar-refractivity contribution in [3.8, 4) is 0 Å². The maximum absolute atomic E-state index is 11.9. The summed E-state index contributed by atoms with van der Waals surface area (Å²) in [7, 11) is -3.11. The molecule has 0 aromatic rings. The van der Waals surface area contributed by atoms with Crippen LogP contribution < -0.4 is 10.6 Å². The largest absolute Gasteiger partial charge is 0.337 e. The Bertz CT molecular complexity index is 489. The summed E-state index contributed by atoms with van der Waals surface area (Å²) in [5.41, 5.74) is 0. The highest BCUT2D eigenvalue weighted by atomic mass is 32.2. The summed E-state index contributed by atoms with van der Waals surface area (Å²) in [5.74, 6) is 0.748. The lowest BCUT2D eigenvalue weighted by atomic mass is 10.0. The molecule has 0 aromatic carbocycles. The molecular weight excluding hydrogens is 316 g/mol. The number of likely N-dealkylation sites (tertiary alicyclic amines) is 1. The molecule has 2 heterocycles. The van der Waals surface area contributed by atoms with Gasteiger partial charge in [-0.1, -0.05) is 6.92 Å². The summed E-state index contributed by atoms with van der Waals surface area (Å²) in [6.07, 6.45) is 5.12. The van der Waals surface area contributed by atoms with Crippen LogP contribution >= 0.6 is 0 Å². The van der Waals surface area contributed by atoms with E-state index in [1.807, 2.05) is 0 Å². The molecule has 8 heteroatoms. The molecule has 2 N–H and O–H groups in total. The highest BCUT2D eigenvalue weighted by Gasteiger charge is 2.25. The predicted molar refractivity (Wildman–Crippen MR) is 90.8 cm³/mol. The fourth-order valence-electron chi connectivity index (χ4n) is 3.39. The summed E-state index contributed by atoms with van der Waals surface area (Å²) < 4.78 is 24.4. The highest BCUT2D eigenvalue weighted by Crippen LogP contribution is 2.15. The fraction of sp³-hybridized carbons (Fsp3) is 0.933. The van der Waals surface area contributed by atoms with Gasteiger partial charge in [0.2, 0.25) is 10.0 Å². The van der Waals surface area contributed by atoms with Crippen LogP contribution in [0.1, 0.15) is 32.6 Å². The number of carbonyl (C=O) groups excluding carboxylic acids is 1. The summed E-state index contributed by atoms with van der Waals surface area (Å²) >= 11 is 0. The molecule has 0 unspecified atom stereocenters. The smallest absolute Gasteiger partial charge is 0.315 e. The normalized spacial score (nSPS) is 25.2. The second-order valence-corrected chi connectivity index (χ2v) is 8.87. The van der Waals surface area contributed by atoms with Gasteiger partial charge in [-0.2, -0.15) is 0 Å². The molecule has 134 valence electrons. The molecule has 2 rings (SSSR count). The van der Waals surface area contributed by atoms with Crippen molar-refractivity contribution < 1.29 is 13.2 Å². The van der Waals surface area contributed by atoms with Crippen LogP contribution in [0.3, 0.4) is 0 Å². The van der Waals surface area contributed by atoms with E-state index in [1.54, 1.807) is 0 Å². The van der Waals surface area contributed by atoms with Crippen molar-refractivity contribution in [3.63, 3.8) is 0 Å². The van der Waals surface area contributed by atoms with E-state index >= 15 is 0 Å². The third-order valence-corrected chi connectivity index (χ3v) is 6.02. The molecule has 0 bridgehead atoms. The molecule has 23 heavy (non-hydrogen) atoms. The lowest BCUT2D eigenvalue weighted by Gasteiger charge is -2.31. The van der Waals surface area contributed by atoms with Crippen molar-refractivity contribution in [1.29, 1.82) is 0 Å². The zero-order valence-electron chi connectivity index (χ0n) is 14.3. The van der Waals surface area contributed by atoms with E-state index in [0.29, 0.717) is 32.5 Å². The SMILES string of the molecule is C[C@@H]1CCCN(CCNC(=O)NC2CCN(S(C)(=O)=O)CC2)C1. The van der Waals surface area contributed by atoms with Crippen molar-refractivity contribution in [2.75, 3.05) is 45.5 Å². The Morgan fingerprint density at radius 3 is 2.48 bits per heavy atom. The van der Waals surface area contributed by atoms with E-state index in [2.05, 4.69) is 22.5 Å². The number of piperidine rings is 2. The number of nitrogens with zero attached hydrogens (tertiary/aromatic N) is 2. The third-order valence-electron chi connectivity index (χ3n) is 4.71. The number of nitrogens with one attached hydrogen (secondary N) is 2. The maximum Gasteiger partial charge on any atom is 0.315 e. The second-order valence-electron chi connectivity index (χ2n) is 6.88. The summed E-state index contributed by atoms with van der Waals surface area (Å²) in [4.78, 5) is 14.3. The quantitative estimate of drug-likeness (QED) is 0.757. The van der Waals surface area contributed by atoms with Crippen molar-refractivity contribution in [2.24, 2.45) is 5.92 Å². The Morgan fingerprint density at radius 1 is 1.17 bits per heavy atom. The summed E-state index contributed by atoms with van der Waals surface area (Å²) in [5, 5.41) is 5.86. The Kier molecular flexibility index (Phi) is 6.67. The van der Waals surface area contributed by atoms with Gasteiger partial charge in [-0.3, -0.25) is 0 Å². The minimum absolute atomic E-state index is 0.0583. The van der Waals surface area contributed by atoms with Gasteiger partial charge >= 0.3 is 6.03 Å². The molecular formula is C15H30N4O3S. The molecule has 0 spiro atoms. The molecule has 0 aliphatic carbocycles. The second kappa shape index (κ2) is 8.30. The lowest BCUT2D eigenvalue weighted by molar-refractivity contribution is 0.183. The molecule has 0 saturated carbocycles. The lowest BCUT2D eigenvalue weighted by Crippen LogP contribution is -2.50. The molecule has 0 radical (unpaired) electrons. The van der Waals surface area contributed by atoms with Gasteiger partial charge in [0, 0.05) is 38.8 Å². The number of rotatable bonds is 5. The highest BCUT2D eigenvalue weighted by molar-refractivity contribution is 7.88. The first kappa shape index (κ1) is 18.5. The van der Waals surface area contributed by atoms with E-state index in [-0.39, 0.29) is 12.1 Å². The number of hydrogen-bond acceptors (Lipinski definition) is 4. The van der Waals surface area contributed by atoms with Crippen LogP contribution in [0.5, 0.6) is 0 Å². The van der Waals surface area contributed by atoms with Crippen molar-refractivity contribution >= 4 is 16.1 Å². The van der Waals surface area contributed by atoms with Crippen LogP contribution in [0.15, 0.2) is 0 Å². The van der Waals surface area contributed by atoms with Crippen LogP contribution in [-0.4, -0.2) is 75.2 Å². The Balaban J connectivity index is 1.60. The maximum atomic E-state index is 11.9. The van der Waals surface area contributed by atoms with Gasteiger partial charge in [0.25, 0.3) is 0 Å². The van der Waals surface area contributed by atoms with Crippen LogP contribution in [0, 0.1) is 5.92 Å². The predicted octanol–water partition coefficient (Wildman–Crippen LogP) is 0.442. The molecule has 2 aliphatic heterocycles. The molecule has 0 aromatic heterocycles. The van der Waals surface area contributed by atoms with Gasteiger partial charge in [-0.15, -0.1) is 0 Å².